The van der Waals surface area contributed by atoms with Gasteiger partial charge in [-0.15, -0.1) is 11.3 Å². The van der Waals surface area contributed by atoms with Gasteiger partial charge in [-0.2, -0.15) is 0 Å². The van der Waals surface area contributed by atoms with Crippen molar-refractivity contribution in [3.8, 4) is 0 Å². The molecule has 0 radical (unpaired) electrons. The van der Waals surface area contributed by atoms with Gasteiger partial charge in [0.15, 0.2) is 0 Å². The van der Waals surface area contributed by atoms with Crippen LogP contribution in [0.25, 0.3) is 0 Å². The molecule has 0 aliphatic carbocycles. The number of nitrogens with one attached hydrogen (secondary N) is 1. The molecule has 1 nitrogen and oxygen atoms in total. The lowest BCUT2D eigenvalue weighted by atomic mass is 9.91. The zero-order valence-electron chi connectivity index (χ0n) is 11.0. The van der Waals surface area contributed by atoms with Crippen molar-refractivity contribution in [1.82, 2.24) is 5.32 Å². The highest BCUT2D eigenvalue weighted by atomic mass is 79.9. The van der Waals surface area contributed by atoms with Crippen LogP contribution in [0.5, 0.6) is 0 Å². The number of halogens is 2. The maximum absolute atomic E-state index is 6.19. The molecule has 1 aromatic heterocycles. The molecule has 0 saturated heterocycles. The first-order valence-corrected chi connectivity index (χ1v) is 8.23. The first-order chi connectivity index (χ1) is 8.99. The van der Waals surface area contributed by atoms with Gasteiger partial charge in [0.1, 0.15) is 0 Å². The molecule has 102 valence electrons. The molecular weight excluding hydrogens is 342 g/mol. The van der Waals surface area contributed by atoms with Crippen LogP contribution in [0.1, 0.15) is 24.3 Å². The van der Waals surface area contributed by atoms with Crippen LogP contribution in [0.3, 0.4) is 0 Å². The fourth-order valence-corrected chi connectivity index (χ4v) is 3.38. The van der Waals surface area contributed by atoms with E-state index < -0.39 is 0 Å². The first-order valence-electron chi connectivity index (χ1n) is 6.18. The van der Waals surface area contributed by atoms with Gasteiger partial charge < -0.3 is 5.32 Å². The van der Waals surface area contributed by atoms with Crippen LogP contribution in [0.2, 0.25) is 5.02 Å². The van der Waals surface area contributed by atoms with Gasteiger partial charge in [-0.1, -0.05) is 47.4 Å². The lowest BCUT2D eigenvalue weighted by Crippen LogP contribution is -2.31. The minimum atomic E-state index is 0.145. The maximum Gasteiger partial charge on any atom is 0.0451 e. The predicted molar refractivity (Wildman–Crippen MR) is 88.2 cm³/mol. The van der Waals surface area contributed by atoms with Gasteiger partial charge in [0.25, 0.3) is 0 Å². The van der Waals surface area contributed by atoms with Crippen LogP contribution in [0.15, 0.2) is 40.2 Å². The second kappa shape index (κ2) is 6.40. The molecule has 4 heteroatoms. The van der Waals surface area contributed by atoms with E-state index in [-0.39, 0.29) is 5.41 Å². The van der Waals surface area contributed by atoms with E-state index in [1.54, 1.807) is 0 Å². The predicted octanol–water partition coefficient (Wildman–Crippen LogP) is 5.23. The molecule has 0 aliphatic heterocycles. The second-order valence-electron chi connectivity index (χ2n) is 5.20. The second-order valence-corrected chi connectivity index (χ2v) is 7.47. The van der Waals surface area contributed by atoms with Gasteiger partial charge in [-0.05, 0) is 35.2 Å². The smallest absolute Gasteiger partial charge is 0.0451 e. The Labute approximate surface area is 132 Å². The minimum absolute atomic E-state index is 0.145. The molecule has 1 N–H and O–H groups in total. The zero-order chi connectivity index (χ0) is 13.9. The van der Waals surface area contributed by atoms with Crippen molar-refractivity contribution in [2.75, 3.05) is 6.54 Å². The monoisotopic (exact) mass is 357 g/mol. The van der Waals surface area contributed by atoms with Crippen molar-refractivity contribution in [3.63, 3.8) is 0 Å². The Morgan fingerprint density at radius 3 is 2.79 bits per heavy atom. The van der Waals surface area contributed by atoms with E-state index in [1.165, 1.54) is 4.88 Å². The van der Waals surface area contributed by atoms with E-state index >= 15 is 0 Å². The van der Waals surface area contributed by atoms with Gasteiger partial charge in [-0.3, -0.25) is 0 Å². The summed E-state index contributed by atoms with van der Waals surface area (Å²) in [5, 5.41) is 6.44. The Hall–Kier alpha value is -0.350. The lowest BCUT2D eigenvalue weighted by Gasteiger charge is -2.24. The Morgan fingerprint density at radius 1 is 1.32 bits per heavy atom. The molecular formula is C15H17BrClNS. The molecule has 0 amide bonds. The molecule has 0 atom stereocenters. The Kier molecular flexibility index (Phi) is 5.07. The highest BCUT2D eigenvalue weighted by Gasteiger charge is 2.21. The van der Waals surface area contributed by atoms with E-state index in [9.17, 15) is 0 Å². The quantitative estimate of drug-likeness (QED) is 0.771. The number of thiophene rings is 1. The molecule has 0 unspecified atom stereocenters. The third-order valence-electron chi connectivity index (χ3n) is 3.08. The van der Waals surface area contributed by atoms with E-state index in [2.05, 4.69) is 58.7 Å². The molecule has 19 heavy (non-hydrogen) atoms. The third kappa shape index (κ3) is 4.06. The van der Waals surface area contributed by atoms with Crippen molar-refractivity contribution >= 4 is 38.9 Å². The molecule has 0 aliphatic rings. The highest BCUT2D eigenvalue weighted by molar-refractivity contribution is 9.10. The minimum Gasteiger partial charge on any atom is -0.312 e. The zero-order valence-corrected chi connectivity index (χ0v) is 14.2. The van der Waals surface area contributed by atoms with Crippen molar-refractivity contribution < 1.29 is 0 Å². The van der Waals surface area contributed by atoms with Gasteiger partial charge in [0, 0.05) is 32.9 Å². The highest BCUT2D eigenvalue weighted by Crippen LogP contribution is 2.27. The van der Waals surface area contributed by atoms with Crippen molar-refractivity contribution in [1.29, 1.82) is 0 Å². The van der Waals surface area contributed by atoms with E-state index in [4.69, 9.17) is 11.6 Å². The summed E-state index contributed by atoms with van der Waals surface area (Å²) in [7, 11) is 0. The fraction of sp³-hybridized carbons (Fsp3) is 0.333. The third-order valence-corrected chi connectivity index (χ3v) is 5.18. The van der Waals surface area contributed by atoms with Crippen LogP contribution in [-0.4, -0.2) is 6.54 Å². The summed E-state index contributed by atoms with van der Waals surface area (Å²) in [6.07, 6.45) is 0. The number of hydrogen-bond donors (Lipinski definition) is 1. The van der Waals surface area contributed by atoms with Gasteiger partial charge >= 0.3 is 0 Å². The topological polar surface area (TPSA) is 12.0 Å². The lowest BCUT2D eigenvalue weighted by molar-refractivity contribution is 0.477. The van der Waals surface area contributed by atoms with Crippen molar-refractivity contribution in [2.24, 2.45) is 0 Å². The molecule has 0 bridgehead atoms. The molecule has 1 aromatic carbocycles. The Bertz CT molecular complexity index is 537. The normalized spacial score (nSPS) is 11.8. The van der Waals surface area contributed by atoms with Gasteiger partial charge in [0.05, 0.1) is 0 Å². The van der Waals surface area contributed by atoms with Crippen LogP contribution in [0.4, 0.5) is 0 Å². The summed E-state index contributed by atoms with van der Waals surface area (Å²) < 4.78 is 1.06. The number of rotatable bonds is 5. The molecule has 1 heterocycles. The maximum atomic E-state index is 6.19. The van der Waals surface area contributed by atoms with Gasteiger partial charge in [-0.25, -0.2) is 0 Å². The average Bonchev–Trinajstić information content (AvgIpc) is 2.88. The van der Waals surface area contributed by atoms with E-state index in [1.807, 2.05) is 23.5 Å². The Balaban J connectivity index is 1.95. The van der Waals surface area contributed by atoms with Crippen LogP contribution < -0.4 is 5.32 Å². The largest absolute Gasteiger partial charge is 0.312 e. The number of benzene rings is 1. The van der Waals surface area contributed by atoms with Crippen molar-refractivity contribution in [3.05, 3.63) is 55.6 Å². The first kappa shape index (κ1) is 15.0. The SMILES string of the molecule is CC(C)(CNCc1cc(Br)ccc1Cl)c1cccs1. The standard InChI is InChI=1S/C15H17BrClNS/c1-15(2,14-4-3-7-19-14)10-18-9-11-8-12(16)5-6-13(11)17/h3-8,18H,9-10H2,1-2H3. The number of hydrogen-bond acceptors (Lipinski definition) is 2. The summed E-state index contributed by atoms with van der Waals surface area (Å²) in [5.41, 5.74) is 1.27. The summed E-state index contributed by atoms with van der Waals surface area (Å²) in [6, 6.07) is 10.2. The van der Waals surface area contributed by atoms with E-state index in [0.717, 1.165) is 28.1 Å². The summed E-state index contributed by atoms with van der Waals surface area (Å²) in [5.74, 6) is 0. The molecule has 2 rings (SSSR count). The van der Waals surface area contributed by atoms with Crippen LogP contribution in [-0.2, 0) is 12.0 Å². The summed E-state index contributed by atoms with van der Waals surface area (Å²) >= 11 is 11.5. The van der Waals surface area contributed by atoms with Crippen molar-refractivity contribution in [2.45, 2.75) is 25.8 Å². The molecule has 0 fully saturated rings. The van der Waals surface area contributed by atoms with E-state index in [0.29, 0.717) is 0 Å². The molecule has 0 spiro atoms. The van der Waals surface area contributed by atoms with Crippen LogP contribution >= 0.6 is 38.9 Å². The van der Waals surface area contributed by atoms with Gasteiger partial charge in [0.2, 0.25) is 0 Å². The average molecular weight is 359 g/mol. The Morgan fingerprint density at radius 2 is 2.11 bits per heavy atom. The molecule has 2 aromatic rings. The van der Waals surface area contributed by atoms with Crippen LogP contribution in [0, 0.1) is 0 Å². The fourth-order valence-electron chi connectivity index (χ4n) is 1.94. The summed E-state index contributed by atoms with van der Waals surface area (Å²) in [6.45, 7) is 6.23. The molecule has 0 saturated carbocycles. The summed E-state index contributed by atoms with van der Waals surface area (Å²) in [4.78, 5) is 1.40.